The minimum atomic E-state index is -1.37. The highest BCUT2D eigenvalue weighted by molar-refractivity contribution is 8.00. The maximum Gasteiger partial charge on any atom is 0.276 e. The van der Waals surface area contributed by atoms with E-state index in [-0.39, 0.29) is 47.5 Å². The molecule has 2 fully saturated rings. The van der Waals surface area contributed by atoms with Crippen molar-refractivity contribution in [3.8, 4) is 0 Å². The Kier molecular flexibility index (Phi) is 14.7. The fourth-order valence-corrected chi connectivity index (χ4v) is 7.52. The number of carboxylic acids is 1. The number of thioether (sulfide) groups is 1. The van der Waals surface area contributed by atoms with Crippen LogP contribution in [0.4, 0.5) is 5.13 Å². The number of likely N-dealkylation sites (N-methyl/N-ethyl adjacent to an activating group) is 1. The van der Waals surface area contributed by atoms with Crippen molar-refractivity contribution in [3.63, 3.8) is 0 Å². The van der Waals surface area contributed by atoms with Crippen LogP contribution in [0.25, 0.3) is 0 Å². The first-order valence-electron chi connectivity index (χ1n) is 15.6. The molecule has 2 saturated heterocycles. The number of carbonyl (C=O) groups is 3. The number of aliphatic hydroxyl groups is 2. The Morgan fingerprint density at radius 2 is 1.80 bits per heavy atom. The number of β-lactam (4-membered cyclic amide) rings is 1. The van der Waals surface area contributed by atoms with Gasteiger partial charge in [0, 0.05) is 54.7 Å². The van der Waals surface area contributed by atoms with Gasteiger partial charge in [-0.25, -0.2) is 4.98 Å². The number of amides is 2. The van der Waals surface area contributed by atoms with Crippen LogP contribution in [-0.4, -0.2) is 137 Å². The van der Waals surface area contributed by atoms with Crippen LogP contribution in [0.1, 0.15) is 45.2 Å². The molecule has 0 unspecified atom stereocenters. The largest absolute Gasteiger partial charge is 0.543 e. The van der Waals surface area contributed by atoms with E-state index in [0.717, 1.165) is 67.7 Å². The second-order valence-corrected chi connectivity index (χ2v) is 13.7. The van der Waals surface area contributed by atoms with Crippen LogP contribution in [0.3, 0.4) is 0 Å². The van der Waals surface area contributed by atoms with Crippen molar-refractivity contribution >= 4 is 51.7 Å². The lowest BCUT2D eigenvalue weighted by atomic mass is 10.0. The molecule has 46 heavy (non-hydrogen) atoms. The number of carbonyl (C=O) groups excluding carboxylic acids is 3. The summed E-state index contributed by atoms with van der Waals surface area (Å²) in [5.74, 6) is -2.06. The van der Waals surface area contributed by atoms with E-state index in [0.29, 0.717) is 17.9 Å². The summed E-state index contributed by atoms with van der Waals surface area (Å²) in [6, 6.07) is -0.491. The molecule has 0 aromatic carbocycles. The molecule has 3 aliphatic rings. The van der Waals surface area contributed by atoms with Gasteiger partial charge in [0.25, 0.3) is 11.8 Å². The maximum atomic E-state index is 12.9. The van der Waals surface area contributed by atoms with Crippen molar-refractivity contribution in [1.82, 2.24) is 25.8 Å². The van der Waals surface area contributed by atoms with E-state index in [1.54, 1.807) is 5.38 Å². The van der Waals surface area contributed by atoms with Crippen molar-refractivity contribution in [3.05, 3.63) is 22.3 Å². The summed E-state index contributed by atoms with van der Waals surface area (Å²) in [5.41, 5.74) is 6.39. The van der Waals surface area contributed by atoms with Crippen molar-refractivity contribution in [2.75, 3.05) is 71.6 Å². The van der Waals surface area contributed by atoms with E-state index in [9.17, 15) is 19.5 Å². The number of rotatable bonds is 16. The number of aromatic nitrogens is 1. The second-order valence-electron chi connectivity index (χ2n) is 11.7. The van der Waals surface area contributed by atoms with Crippen LogP contribution in [0.15, 0.2) is 21.8 Å². The van der Waals surface area contributed by atoms with E-state index >= 15 is 0 Å². The van der Waals surface area contributed by atoms with Gasteiger partial charge in [0.15, 0.2) is 10.8 Å². The monoisotopic (exact) mass is 684 g/mol. The van der Waals surface area contributed by atoms with Gasteiger partial charge in [-0.1, -0.05) is 19.0 Å². The highest BCUT2D eigenvalue weighted by Gasteiger charge is 2.53. The quantitative estimate of drug-likeness (QED) is 0.0383. The number of nitrogens with two attached hydrogens (primary N) is 1. The first-order chi connectivity index (χ1) is 22.0. The summed E-state index contributed by atoms with van der Waals surface area (Å²) >= 11 is 2.57. The molecule has 15 nitrogen and oxygen atoms in total. The second kappa shape index (κ2) is 17.9. The van der Waals surface area contributed by atoms with Gasteiger partial charge in [-0.15, -0.1) is 23.1 Å². The average molecular weight is 685 g/mol. The number of anilines is 1. The van der Waals surface area contributed by atoms with E-state index in [1.807, 2.05) is 13.8 Å². The normalized spacial score (nSPS) is 21.9. The Morgan fingerprint density at radius 3 is 2.28 bits per heavy atom. The number of fused-ring (bicyclic) bond motifs is 1. The van der Waals surface area contributed by atoms with Crippen molar-refractivity contribution < 1.29 is 39.0 Å². The van der Waals surface area contributed by atoms with Gasteiger partial charge in [0.2, 0.25) is 0 Å². The molecule has 4 atom stereocenters. The molecular formula is C29H48N8O7S2. The van der Waals surface area contributed by atoms with Gasteiger partial charge in [-0.05, 0) is 12.8 Å². The van der Waals surface area contributed by atoms with Gasteiger partial charge in [-0.2, -0.15) is 0 Å². The molecule has 0 bridgehead atoms. The summed E-state index contributed by atoms with van der Waals surface area (Å²) in [5, 5.41) is 43.9. The van der Waals surface area contributed by atoms with Crippen LogP contribution in [0, 0.1) is 0 Å². The summed E-state index contributed by atoms with van der Waals surface area (Å²) in [7, 11) is 3.39. The number of aliphatic carboxylic acids is 1. The van der Waals surface area contributed by atoms with Crippen LogP contribution >= 0.6 is 23.1 Å². The van der Waals surface area contributed by atoms with Crippen molar-refractivity contribution in [1.29, 1.82) is 0 Å². The lowest BCUT2D eigenvalue weighted by Gasteiger charge is -2.51. The molecule has 258 valence electrons. The molecule has 0 radical (unpaired) electrons. The molecule has 0 spiro atoms. The molecule has 4 rings (SSSR count). The minimum absolute atomic E-state index is 0.0615. The van der Waals surface area contributed by atoms with Crippen molar-refractivity contribution in [2.45, 2.75) is 63.0 Å². The number of quaternary nitrogens is 1. The standard InChI is InChI=1S/C19H24N6O5S2.C10H24N2O2/c1-25(5-3-4-6-25)7-10-8-31-17-13(16(27)24(17)14(10)18(28)29)22-15(26)12(23-30-2)11-9-32-19(20)21-11;1-3-9(7-13)11-5-6-12-10(4-2)8-14/h9,13,17H,3-8H2,1-2H3,(H3-,20,21,22,26,28,29);9-14H,3-8H2,1-2H3/b23-12+;/t13-,17-;9-,10-/m10/s1. The Labute approximate surface area is 278 Å². The smallest absolute Gasteiger partial charge is 0.276 e. The maximum absolute atomic E-state index is 12.9. The summed E-state index contributed by atoms with van der Waals surface area (Å²) < 4.78 is 0.757. The first kappa shape index (κ1) is 37.7. The number of likely N-dealkylation sites (tertiary alicyclic amines) is 1. The number of thiazole rings is 1. The van der Waals surface area contributed by atoms with Crippen LogP contribution in [0.5, 0.6) is 0 Å². The fraction of sp³-hybridized carbons (Fsp3) is 0.690. The number of oxime groups is 1. The third kappa shape index (κ3) is 9.62. The Bertz CT molecular complexity index is 1230. The SMILES string of the molecule is CC[C@@H](CO)NCCN[C@@H](CC)CO.CO/N=C(/C(=O)N[C@@H]1C(=O)N2C(C(=O)[O-])=C(C[N+]3(C)CCCC3)CS[C@H]12)c1csc(N)n1. The molecule has 1 aromatic rings. The number of hydrogen-bond acceptors (Lipinski definition) is 14. The number of hydrogen-bond donors (Lipinski definition) is 6. The Morgan fingerprint density at radius 1 is 1.20 bits per heavy atom. The topological polar surface area (TPSA) is 215 Å². The third-order valence-corrected chi connectivity index (χ3v) is 10.3. The first-order valence-corrected chi connectivity index (χ1v) is 17.5. The lowest BCUT2D eigenvalue weighted by Crippen LogP contribution is -2.71. The van der Waals surface area contributed by atoms with Crippen LogP contribution in [0.2, 0.25) is 0 Å². The molecule has 7 N–H and O–H groups in total. The van der Waals surface area contributed by atoms with Gasteiger partial charge >= 0.3 is 0 Å². The van der Waals surface area contributed by atoms with Gasteiger partial charge < -0.3 is 51.1 Å². The molecule has 17 heteroatoms. The average Bonchev–Trinajstić information content (AvgIpc) is 3.68. The number of aliphatic hydroxyl groups excluding tert-OH is 2. The number of nitrogens with zero attached hydrogens (tertiary/aromatic N) is 4. The van der Waals surface area contributed by atoms with E-state index < -0.39 is 29.2 Å². The molecule has 1 aromatic heterocycles. The number of nitrogens with one attached hydrogen (secondary N) is 3. The highest BCUT2D eigenvalue weighted by atomic mass is 32.2. The molecule has 3 aliphatic heterocycles. The summed E-state index contributed by atoms with van der Waals surface area (Å²) in [4.78, 5) is 47.7. The number of carboxylic acid groups (broad SMARTS) is 1. The van der Waals surface area contributed by atoms with Crippen LogP contribution in [-0.2, 0) is 19.2 Å². The predicted molar refractivity (Wildman–Crippen MR) is 175 cm³/mol. The highest BCUT2D eigenvalue weighted by Crippen LogP contribution is 2.41. The third-order valence-electron chi connectivity index (χ3n) is 8.33. The summed E-state index contributed by atoms with van der Waals surface area (Å²) in [6.07, 6.45) is 4.08. The zero-order chi connectivity index (χ0) is 33.9. The van der Waals surface area contributed by atoms with Gasteiger partial charge in [-0.3, -0.25) is 14.5 Å². The molecule has 4 heterocycles. The number of nitrogen functional groups attached to an aromatic ring is 1. The molecule has 0 saturated carbocycles. The van der Waals surface area contributed by atoms with Crippen molar-refractivity contribution in [2.24, 2.45) is 5.16 Å². The van der Waals surface area contributed by atoms with E-state index in [4.69, 9.17) is 20.8 Å². The fourth-order valence-electron chi connectivity index (χ4n) is 5.64. The van der Waals surface area contributed by atoms with E-state index in [1.165, 1.54) is 23.8 Å². The lowest BCUT2D eigenvalue weighted by molar-refractivity contribution is -0.893. The molecule has 2 amide bonds. The van der Waals surface area contributed by atoms with Crippen LogP contribution < -0.4 is 26.8 Å². The zero-order valence-electron chi connectivity index (χ0n) is 27.0. The van der Waals surface area contributed by atoms with Gasteiger partial charge in [0.1, 0.15) is 30.8 Å². The Balaban J connectivity index is 0.000000349. The van der Waals surface area contributed by atoms with E-state index in [2.05, 4.69) is 33.1 Å². The minimum Gasteiger partial charge on any atom is -0.543 e. The molecule has 0 aliphatic carbocycles. The molecular weight excluding hydrogens is 637 g/mol. The Hall–Kier alpha value is -2.80. The van der Waals surface area contributed by atoms with Gasteiger partial charge in [0.05, 0.1) is 45.0 Å². The summed E-state index contributed by atoms with van der Waals surface area (Å²) in [6.45, 7) is 8.65. The zero-order valence-corrected chi connectivity index (χ0v) is 28.6. The predicted octanol–water partition coefficient (Wildman–Crippen LogP) is -1.57.